The van der Waals surface area contributed by atoms with E-state index in [1.54, 1.807) is 22.9 Å². The van der Waals surface area contributed by atoms with Crippen molar-refractivity contribution < 1.29 is 35.9 Å². The molecule has 3 saturated heterocycles. The molecule has 3 amide bonds. The molecule has 3 fully saturated rings. The Morgan fingerprint density at radius 1 is 1.00 bits per heavy atom. The van der Waals surface area contributed by atoms with E-state index in [0.29, 0.717) is 37.3 Å². The molecule has 2 N–H and O–H groups in total. The normalized spacial score (nSPS) is 18.8. The third-order valence-corrected chi connectivity index (χ3v) is 12.1. The molecule has 282 valence electrons. The van der Waals surface area contributed by atoms with Gasteiger partial charge in [0.1, 0.15) is 5.56 Å². The summed E-state index contributed by atoms with van der Waals surface area (Å²) in [6.07, 6.45) is -1.04. The molecule has 3 aliphatic rings. The fourth-order valence-corrected chi connectivity index (χ4v) is 8.86. The minimum Gasteiger partial charge on any atom is -0.480 e. The summed E-state index contributed by atoms with van der Waals surface area (Å²) < 4.78 is 74.9. The van der Waals surface area contributed by atoms with Crippen LogP contribution in [0, 0.1) is 0 Å². The summed E-state index contributed by atoms with van der Waals surface area (Å²) in [7, 11) is -0.814. The molecule has 0 spiro atoms. The molecule has 0 saturated carbocycles. The molecule has 5 heterocycles. The molecule has 53 heavy (non-hydrogen) atoms. The van der Waals surface area contributed by atoms with Crippen LogP contribution in [-0.2, 0) is 34.6 Å². The number of amides is 3. The van der Waals surface area contributed by atoms with Gasteiger partial charge in [-0.2, -0.15) is 27.6 Å². The van der Waals surface area contributed by atoms with Gasteiger partial charge in [0.25, 0.3) is 0 Å². The monoisotopic (exact) mass is 755 g/mol. The van der Waals surface area contributed by atoms with Crippen molar-refractivity contribution in [2.45, 2.75) is 61.7 Å². The van der Waals surface area contributed by atoms with Crippen molar-refractivity contribution in [3.8, 4) is 5.88 Å². The van der Waals surface area contributed by atoms with E-state index in [0.717, 1.165) is 49.5 Å². The summed E-state index contributed by atoms with van der Waals surface area (Å²) in [6.45, 7) is 3.04. The highest BCUT2D eigenvalue weighted by Gasteiger charge is 2.37. The smallest absolute Gasteiger partial charge is 0.423 e. The zero-order valence-corrected chi connectivity index (χ0v) is 30.1. The molecular weight excluding hydrogens is 716 g/mol. The van der Waals surface area contributed by atoms with Crippen LogP contribution in [0.5, 0.6) is 5.88 Å². The average molecular weight is 756 g/mol. The molecule has 2 aromatic carbocycles. The molecular formula is C35H40F3N9O5S. The maximum Gasteiger partial charge on any atom is 0.423 e. The lowest BCUT2D eigenvalue weighted by atomic mass is 9.89. The van der Waals surface area contributed by atoms with Crippen molar-refractivity contribution in [3.63, 3.8) is 0 Å². The van der Waals surface area contributed by atoms with Crippen LogP contribution in [0.1, 0.15) is 54.7 Å². The fraction of sp³-hybridized carbons (Fsp3) is 0.457. The van der Waals surface area contributed by atoms with Gasteiger partial charge in [0.15, 0.2) is 5.82 Å². The number of carbonyl (C=O) groups excluding carboxylic acids is 2. The summed E-state index contributed by atoms with van der Waals surface area (Å²) in [5.41, 5.74) is 1.95. The van der Waals surface area contributed by atoms with Crippen LogP contribution in [-0.4, -0.2) is 95.2 Å². The predicted octanol–water partition coefficient (Wildman–Crippen LogP) is 4.48. The van der Waals surface area contributed by atoms with Crippen LogP contribution in [0.25, 0.3) is 10.9 Å². The average Bonchev–Trinajstić information content (AvgIpc) is 3.46. The second-order valence-corrected chi connectivity index (χ2v) is 15.6. The molecule has 0 atom stereocenters. The predicted molar refractivity (Wildman–Crippen MR) is 189 cm³/mol. The number of benzene rings is 2. The summed E-state index contributed by atoms with van der Waals surface area (Å²) in [6, 6.07) is 12.6. The van der Waals surface area contributed by atoms with E-state index in [9.17, 15) is 31.2 Å². The van der Waals surface area contributed by atoms with E-state index in [1.165, 1.54) is 14.8 Å². The molecule has 0 unspecified atom stereocenters. The van der Waals surface area contributed by atoms with Gasteiger partial charge in [-0.1, -0.05) is 18.2 Å². The van der Waals surface area contributed by atoms with Gasteiger partial charge < -0.3 is 10.1 Å². The number of methoxy groups -OCH3 is 1. The molecule has 2 aromatic heterocycles. The summed E-state index contributed by atoms with van der Waals surface area (Å²) in [5, 5.41) is 10.8. The quantitative estimate of drug-likeness (QED) is 0.250. The molecule has 7 rings (SSSR count). The first-order valence-electron chi connectivity index (χ1n) is 17.4. The first-order chi connectivity index (χ1) is 25.3. The number of likely N-dealkylation sites (tertiary alicyclic amines) is 1. The Kier molecular flexibility index (Phi) is 10.0. The van der Waals surface area contributed by atoms with Gasteiger partial charge in [-0.05, 0) is 80.1 Å². The van der Waals surface area contributed by atoms with Gasteiger partial charge in [-0.3, -0.25) is 24.6 Å². The van der Waals surface area contributed by atoms with Crippen molar-refractivity contribution in [1.82, 2.24) is 34.3 Å². The largest absolute Gasteiger partial charge is 0.480 e. The minimum absolute atomic E-state index is 0.0126. The van der Waals surface area contributed by atoms with Gasteiger partial charge in [0, 0.05) is 57.3 Å². The number of nitrogens with zero attached hydrogens (tertiary/aromatic N) is 7. The van der Waals surface area contributed by atoms with Crippen molar-refractivity contribution >= 4 is 44.6 Å². The number of carbonyl (C=O) groups is 2. The number of aromatic nitrogens is 4. The molecule has 0 bridgehead atoms. The number of halogens is 3. The van der Waals surface area contributed by atoms with E-state index >= 15 is 0 Å². The van der Waals surface area contributed by atoms with Crippen LogP contribution in [0.4, 0.5) is 29.7 Å². The molecule has 18 heteroatoms. The molecule has 4 aromatic rings. The lowest BCUT2D eigenvalue weighted by molar-refractivity contribution is -0.139. The van der Waals surface area contributed by atoms with Crippen LogP contribution >= 0.6 is 0 Å². The molecule has 3 aliphatic heterocycles. The van der Waals surface area contributed by atoms with E-state index in [2.05, 4.69) is 42.7 Å². The Morgan fingerprint density at radius 2 is 1.75 bits per heavy atom. The number of anilines is 2. The van der Waals surface area contributed by atoms with Crippen LogP contribution < -0.4 is 20.3 Å². The number of imide groups is 1. The van der Waals surface area contributed by atoms with E-state index < -0.39 is 33.7 Å². The van der Waals surface area contributed by atoms with E-state index in [-0.39, 0.29) is 48.8 Å². The first kappa shape index (κ1) is 36.5. The first-order valence-corrected chi connectivity index (χ1v) is 18.9. The highest BCUT2D eigenvalue weighted by molar-refractivity contribution is 7.89. The topological polar surface area (TPSA) is 155 Å². The summed E-state index contributed by atoms with van der Waals surface area (Å²) >= 11 is 0. The Morgan fingerprint density at radius 3 is 2.45 bits per heavy atom. The number of urea groups is 1. The number of hydrogen-bond acceptors (Lipinski definition) is 10. The number of fused-ring (bicyclic) bond motifs is 1. The number of alkyl halides is 3. The lowest BCUT2D eigenvalue weighted by Gasteiger charge is -2.33. The number of sulfonamides is 1. The number of rotatable bonds is 9. The number of hydrogen-bond donors (Lipinski definition) is 2. The Balaban J connectivity index is 0.934. The Hall–Kier alpha value is -4.81. The van der Waals surface area contributed by atoms with Gasteiger partial charge in [0.2, 0.25) is 27.8 Å². The third kappa shape index (κ3) is 7.66. The lowest BCUT2D eigenvalue weighted by Crippen LogP contribution is -2.49. The number of aryl methyl sites for hydroxylation is 1. The second-order valence-electron chi connectivity index (χ2n) is 13.6. The highest BCUT2D eigenvalue weighted by atomic mass is 32.2. The minimum atomic E-state index is -4.65. The van der Waals surface area contributed by atoms with Crippen molar-refractivity contribution in [1.29, 1.82) is 0 Å². The van der Waals surface area contributed by atoms with Gasteiger partial charge in [-0.15, -0.1) is 0 Å². The van der Waals surface area contributed by atoms with Crippen LogP contribution in [0.3, 0.4) is 0 Å². The zero-order valence-electron chi connectivity index (χ0n) is 29.3. The van der Waals surface area contributed by atoms with Crippen LogP contribution in [0.15, 0.2) is 53.6 Å². The second kappa shape index (κ2) is 14.5. The zero-order chi connectivity index (χ0) is 37.5. The maximum absolute atomic E-state index is 13.7. The van der Waals surface area contributed by atoms with Crippen molar-refractivity contribution in [2.75, 3.05) is 50.1 Å². The maximum atomic E-state index is 13.7. The Bertz CT molecular complexity index is 2130. The van der Waals surface area contributed by atoms with Gasteiger partial charge in [0.05, 0.1) is 17.5 Å². The highest BCUT2D eigenvalue weighted by Crippen LogP contribution is 2.36. The fourth-order valence-electron chi connectivity index (χ4n) is 7.32. The summed E-state index contributed by atoms with van der Waals surface area (Å²) in [5.74, 6) is -0.0122. The number of ether oxygens (including phenoxy) is 1. The van der Waals surface area contributed by atoms with Crippen molar-refractivity contribution in [3.05, 3.63) is 65.4 Å². The number of piperidine rings is 2. The third-order valence-electron chi connectivity index (χ3n) is 10.2. The SMILES string of the molecule is COc1nc(NC2CCN(S(=O)(=O)c3cccc(CN4CCC(c5ccc6c(N7CCC(=O)NC7=O)nn(C)c6c5)CC4)c3)CC2)ncc1C(F)(F)F. The van der Waals surface area contributed by atoms with Crippen LogP contribution in [0.2, 0.25) is 0 Å². The van der Waals surface area contributed by atoms with Gasteiger partial charge >= 0.3 is 12.2 Å². The Labute approximate surface area is 304 Å². The molecule has 0 radical (unpaired) electrons. The van der Waals surface area contributed by atoms with Crippen molar-refractivity contribution in [2.24, 2.45) is 7.05 Å². The summed E-state index contributed by atoms with van der Waals surface area (Å²) in [4.78, 5) is 35.8. The molecule has 14 nitrogen and oxygen atoms in total. The van der Waals surface area contributed by atoms with E-state index in [4.69, 9.17) is 4.74 Å². The van der Waals surface area contributed by atoms with E-state index in [1.807, 2.05) is 19.2 Å². The standard InChI is InChI=1S/C35H40F3N9O5S/c1-44-29-19-24(6-7-27(29)31(43-44)47-17-12-30(48)41-34(47)49)23-8-13-45(14-9-23)21-22-4-3-5-26(18-22)53(50,51)46-15-10-25(11-16-46)40-33-39-20-28(35(36,37)38)32(42-33)52-2/h3-7,18-20,23,25H,8-17,21H2,1-2H3,(H,39,40,42)(H,41,48,49). The number of nitrogens with one attached hydrogen (secondary N) is 2. The van der Waals surface area contributed by atoms with Gasteiger partial charge in [-0.25, -0.2) is 18.2 Å². The molecule has 0 aliphatic carbocycles.